The molecular weight excluding hydrogens is 262 g/mol. The molecule has 1 atom stereocenters. The van der Waals surface area contributed by atoms with Crippen LogP contribution in [0.15, 0.2) is 42.6 Å². The number of rotatable bonds is 3. The minimum Gasteiger partial charge on any atom is -0.315 e. The number of pyridine rings is 1. The van der Waals surface area contributed by atoms with Crippen molar-refractivity contribution >= 4 is 11.6 Å². The summed E-state index contributed by atoms with van der Waals surface area (Å²) >= 11 is 0. The number of anilines is 1. The highest BCUT2D eigenvalue weighted by Gasteiger charge is 2.28. The van der Waals surface area contributed by atoms with Gasteiger partial charge in [0.25, 0.3) is 0 Å². The van der Waals surface area contributed by atoms with Crippen LogP contribution in [0.5, 0.6) is 0 Å². The molecule has 108 valence electrons. The van der Waals surface area contributed by atoms with E-state index < -0.39 is 0 Å². The summed E-state index contributed by atoms with van der Waals surface area (Å²) in [5.41, 5.74) is 4.36. The highest BCUT2D eigenvalue weighted by molar-refractivity contribution is 5.96. The van der Waals surface area contributed by atoms with E-state index in [1.807, 2.05) is 31.3 Å². The van der Waals surface area contributed by atoms with E-state index in [-0.39, 0.29) is 11.9 Å². The third-order valence-corrected chi connectivity index (χ3v) is 4.06. The van der Waals surface area contributed by atoms with E-state index in [0.29, 0.717) is 13.0 Å². The average molecular weight is 281 g/mol. The van der Waals surface area contributed by atoms with Gasteiger partial charge in [-0.15, -0.1) is 0 Å². The molecule has 0 saturated carbocycles. The lowest BCUT2D eigenvalue weighted by molar-refractivity contribution is -0.119. The molecule has 1 N–H and O–H groups in total. The molecule has 1 unspecified atom stereocenters. The minimum absolute atomic E-state index is 0.0475. The van der Waals surface area contributed by atoms with Crippen molar-refractivity contribution in [1.29, 1.82) is 0 Å². The van der Waals surface area contributed by atoms with Crippen LogP contribution in [0, 0.1) is 6.92 Å². The molecule has 0 bridgehead atoms. The monoisotopic (exact) mass is 281 g/mol. The topological polar surface area (TPSA) is 45.2 Å². The van der Waals surface area contributed by atoms with Crippen LogP contribution in [-0.2, 0) is 11.3 Å². The Bertz CT molecular complexity index is 669. The van der Waals surface area contributed by atoms with Crippen molar-refractivity contribution in [3.63, 3.8) is 0 Å². The fraction of sp³-hybridized carbons (Fsp3) is 0.294. The summed E-state index contributed by atoms with van der Waals surface area (Å²) in [7, 11) is 1.83. The van der Waals surface area contributed by atoms with Crippen LogP contribution >= 0.6 is 0 Å². The quantitative estimate of drug-likeness (QED) is 0.940. The number of fused-ring (bicyclic) bond motifs is 1. The van der Waals surface area contributed by atoms with E-state index in [1.165, 1.54) is 5.56 Å². The molecule has 3 rings (SSSR count). The number of para-hydroxylation sites is 1. The highest BCUT2D eigenvalue weighted by Crippen LogP contribution is 2.33. The summed E-state index contributed by atoms with van der Waals surface area (Å²) in [5.74, 6) is 0.143. The maximum absolute atomic E-state index is 12.1. The zero-order valence-corrected chi connectivity index (χ0v) is 12.3. The van der Waals surface area contributed by atoms with Crippen molar-refractivity contribution in [1.82, 2.24) is 10.3 Å². The molecule has 1 aliphatic heterocycles. The van der Waals surface area contributed by atoms with Gasteiger partial charge in [-0.05, 0) is 30.2 Å². The smallest absolute Gasteiger partial charge is 0.228 e. The molecule has 4 nitrogen and oxygen atoms in total. The Morgan fingerprint density at radius 2 is 2.10 bits per heavy atom. The van der Waals surface area contributed by atoms with Gasteiger partial charge < -0.3 is 10.2 Å². The first-order valence-electron chi connectivity index (χ1n) is 7.16. The molecule has 0 spiro atoms. The lowest BCUT2D eigenvalue weighted by atomic mass is 9.96. The largest absolute Gasteiger partial charge is 0.315 e. The predicted octanol–water partition coefficient (Wildman–Crippen LogP) is 2.59. The Kier molecular flexibility index (Phi) is 3.71. The van der Waals surface area contributed by atoms with Gasteiger partial charge in [0.1, 0.15) is 0 Å². The molecule has 21 heavy (non-hydrogen) atoms. The lowest BCUT2D eigenvalue weighted by Gasteiger charge is -2.32. The Morgan fingerprint density at radius 3 is 2.90 bits per heavy atom. The first-order chi connectivity index (χ1) is 10.2. The summed E-state index contributed by atoms with van der Waals surface area (Å²) in [5, 5.41) is 3.48. The summed E-state index contributed by atoms with van der Waals surface area (Å²) in [4.78, 5) is 18.2. The number of aromatic nitrogens is 1. The maximum atomic E-state index is 12.1. The Balaban J connectivity index is 1.82. The Hall–Kier alpha value is -2.20. The second-order valence-electron chi connectivity index (χ2n) is 5.42. The molecule has 1 aromatic heterocycles. The molecule has 0 saturated heterocycles. The van der Waals surface area contributed by atoms with Crippen molar-refractivity contribution in [2.75, 3.05) is 11.9 Å². The molecular formula is C17H19N3O. The zero-order valence-electron chi connectivity index (χ0n) is 12.3. The van der Waals surface area contributed by atoms with Crippen LogP contribution in [0.3, 0.4) is 0 Å². The predicted molar refractivity (Wildman–Crippen MR) is 83.0 cm³/mol. The highest BCUT2D eigenvalue weighted by atomic mass is 16.2. The minimum atomic E-state index is 0.0475. The van der Waals surface area contributed by atoms with E-state index >= 15 is 0 Å². The molecule has 1 amide bonds. The number of amides is 1. The van der Waals surface area contributed by atoms with Gasteiger partial charge in [0.15, 0.2) is 0 Å². The van der Waals surface area contributed by atoms with Crippen LogP contribution in [-0.4, -0.2) is 17.9 Å². The zero-order chi connectivity index (χ0) is 14.8. The van der Waals surface area contributed by atoms with Crippen LogP contribution in [0.25, 0.3) is 0 Å². The van der Waals surface area contributed by atoms with Crippen molar-refractivity contribution in [2.24, 2.45) is 0 Å². The van der Waals surface area contributed by atoms with E-state index in [1.54, 1.807) is 11.1 Å². The van der Waals surface area contributed by atoms with Crippen LogP contribution in [0.2, 0.25) is 0 Å². The van der Waals surface area contributed by atoms with Gasteiger partial charge in [0, 0.05) is 37.9 Å². The summed E-state index contributed by atoms with van der Waals surface area (Å²) in [6.45, 7) is 2.72. The van der Waals surface area contributed by atoms with Gasteiger partial charge in [-0.2, -0.15) is 0 Å². The van der Waals surface area contributed by atoms with Crippen LogP contribution in [0.1, 0.15) is 29.3 Å². The number of benzene rings is 1. The van der Waals surface area contributed by atoms with Crippen LogP contribution < -0.4 is 10.2 Å². The first-order valence-corrected chi connectivity index (χ1v) is 7.16. The third kappa shape index (κ3) is 2.67. The average Bonchev–Trinajstić information content (AvgIpc) is 2.51. The Morgan fingerprint density at radius 1 is 1.29 bits per heavy atom. The molecule has 1 aliphatic rings. The first kappa shape index (κ1) is 13.8. The standard InChI is InChI=1S/C17H19N3O/c1-12-6-5-9-18-15(12)11-19-14-10-17(21)20(2)16-8-4-3-7-13(14)16/h3-9,14,19H,10-11H2,1-2H3. The van der Waals surface area contributed by atoms with Gasteiger partial charge in [0.2, 0.25) is 5.91 Å². The van der Waals surface area contributed by atoms with E-state index in [4.69, 9.17) is 0 Å². The number of aryl methyl sites for hydroxylation is 1. The number of hydrogen-bond acceptors (Lipinski definition) is 3. The lowest BCUT2D eigenvalue weighted by Crippen LogP contribution is -2.37. The van der Waals surface area contributed by atoms with Crippen molar-refractivity contribution < 1.29 is 4.79 Å². The molecule has 0 radical (unpaired) electrons. The van der Waals surface area contributed by atoms with Gasteiger partial charge in [-0.3, -0.25) is 9.78 Å². The number of hydrogen-bond donors (Lipinski definition) is 1. The molecule has 2 heterocycles. The fourth-order valence-corrected chi connectivity index (χ4v) is 2.75. The maximum Gasteiger partial charge on any atom is 0.228 e. The van der Waals surface area contributed by atoms with Crippen molar-refractivity contribution in [2.45, 2.75) is 25.9 Å². The van der Waals surface area contributed by atoms with Gasteiger partial charge in [0.05, 0.1) is 5.69 Å². The Labute approximate surface area is 124 Å². The van der Waals surface area contributed by atoms with E-state index in [2.05, 4.69) is 29.4 Å². The third-order valence-electron chi connectivity index (χ3n) is 4.06. The summed E-state index contributed by atoms with van der Waals surface area (Å²) < 4.78 is 0. The summed E-state index contributed by atoms with van der Waals surface area (Å²) in [6.07, 6.45) is 2.29. The number of carbonyl (C=O) groups excluding carboxylic acids is 1. The molecule has 2 aromatic rings. The second kappa shape index (κ2) is 5.66. The number of carbonyl (C=O) groups is 1. The SMILES string of the molecule is Cc1cccnc1CNC1CC(=O)N(C)c2ccccc21. The van der Waals surface area contributed by atoms with E-state index in [9.17, 15) is 4.79 Å². The van der Waals surface area contributed by atoms with Gasteiger partial charge >= 0.3 is 0 Å². The molecule has 0 fully saturated rings. The second-order valence-corrected chi connectivity index (χ2v) is 5.42. The van der Waals surface area contributed by atoms with Crippen LogP contribution in [0.4, 0.5) is 5.69 Å². The van der Waals surface area contributed by atoms with Gasteiger partial charge in [-0.25, -0.2) is 0 Å². The van der Waals surface area contributed by atoms with Crippen molar-refractivity contribution in [3.05, 3.63) is 59.4 Å². The number of nitrogens with zero attached hydrogens (tertiary/aromatic N) is 2. The van der Waals surface area contributed by atoms with E-state index in [0.717, 1.165) is 16.9 Å². The number of nitrogens with one attached hydrogen (secondary N) is 1. The molecule has 0 aliphatic carbocycles. The van der Waals surface area contributed by atoms with Crippen molar-refractivity contribution in [3.8, 4) is 0 Å². The molecule has 1 aromatic carbocycles. The molecule has 4 heteroatoms. The van der Waals surface area contributed by atoms with Gasteiger partial charge in [-0.1, -0.05) is 24.3 Å². The summed E-state index contributed by atoms with van der Waals surface area (Å²) in [6, 6.07) is 12.1. The fourth-order valence-electron chi connectivity index (χ4n) is 2.75. The normalized spacial score (nSPS) is 17.7.